The minimum atomic E-state index is -0.963. The van der Waals surface area contributed by atoms with E-state index in [1.54, 1.807) is 19.1 Å². The third-order valence-electron chi connectivity index (χ3n) is 3.47. The second-order valence-electron chi connectivity index (χ2n) is 5.31. The van der Waals surface area contributed by atoms with Crippen molar-refractivity contribution in [1.82, 2.24) is 9.88 Å². The molecule has 1 heterocycles. The molecule has 0 saturated carbocycles. The lowest BCUT2D eigenvalue weighted by molar-refractivity contribution is -0.385. The summed E-state index contributed by atoms with van der Waals surface area (Å²) >= 11 is 0. The average Bonchev–Trinajstić information content (AvgIpc) is 2.55. The fraction of sp³-hybridized carbons (Fsp3) is 0.250. The number of amides is 1. The zero-order valence-corrected chi connectivity index (χ0v) is 13.0. The summed E-state index contributed by atoms with van der Waals surface area (Å²) in [5.41, 5.74) is 0.201. The molecule has 0 fully saturated rings. The number of carbonyl (C=O) groups excluding carboxylic acids is 1. The van der Waals surface area contributed by atoms with Gasteiger partial charge in [0.05, 0.1) is 17.6 Å². The molecule has 8 nitrogen and oxygen atoms in total. The van der Waals surface area contributed by atoms with Crippen molar-refractivity contribution in [3.8, 4) is 0 Å². The Labute approximate surface area is 137 Å². The van der Waals surface area contributed by atoms with Crippen molar-refractivity contribution < 1.29 is 14.8 Å². The smallest absolute Gasteiger partial charge is 0.273 e. The molecule has 1 amide bonds. The monoisotopic (exact) mass is 331 g/mol. The van der Waals surface area contributed by atoms with Gasteiger partial charge in [-0.3, -0.25) is 19.7 Å². The van der Waals surface area contributed by atoms with Gasteiger partial charge in [-0.25, -0.2) is 0 Å². The van der Waals surface area contributed by atoms with Gasteiger partial charge in [-0.2, -0.15) is 0 Å². The number of nitro benzene ring substituents is 1. The first-order valence-corrected chi connectivity index (χ1v) is 7.25. The molecular formula is C16H17N3O5. The van der Waals surface area contributed by atoms with Gasteiger partial charge in [0.15, 0.2) is 0 Å². The number of pyridine rings is 1. The molecule has 2 rings (SSSR count). The molecule has 0 saturated heterocycles. The zero-order chi connectivity index (χ0) is 17.7. The van der Waals surface area contributed by atoms with Crippen LogP contribution in [0.3, 0.4) is 0 Å². The lowest BCUT2D eigenvalue weighted by Crippen LogP contribution is -2.36. The Morgan fingerprint density at radius 3 is 2.79 bits per heavy atom. The highest BCUT2D eigenvalue weighted by Gasteiger charge is 2.16. The normalized spacial score (nSPS) is 11.8. The Balaban J connectivity index is 1.98. The Morgan fingerprint density at radius 2 is 2.12 bits per heavy atom. The predicted molar refractivity (Wildman–Crippen MR) is 86.9 cm³/mol. The van der Waals surface area contributed by atoms with Gasteiger partial charge in [0.1, 0.15) is 0 Å². The van der Waals surface area contributed by atoms with Crippen LogP contribution in [0.25, 0.3) is 0 Å². The van der Waals surface area contributed by atoms with Crippen LogP contribution in [0, 0.1) is 17.0 Å². The third-order valence-corrected chi connectivity index (χ3v) is 3.47. The molecule has 1 aromatic carbocycles. The molecule has 8 heteroatoms. The van der Waals surface area contributed by atoms with Gasteiger partial charge in [-0.1, -0.05) is 12.1 Å². The van der Waals surface area contributed by atoms with E-state index in [9.17, 15) is 24.8 Å². The van der Waals surface area contributed by atoms with Crippen LogP contribution in [0.4, 0.5) is 5.69 Å². The van der Waals surface area contributed by atoms with E-state index in [4.69, 9.17) is 0 Å². The van der Waals surface area contributed by atoms with Crippen LogP contribution in [0.15, 0.2) is 47.4 Å². The molecule has 1 aromatic heterocycles. The summed E-state index contributed by atoms with van der Waals surface area (Å²) in [6, 6.07) is 8.80. The van der Waals surface area contributed by atoms with Crippen LogP contribution < -0.4 is 10.9 Å². The molecule has 0 spiro atoms. The Kier molecular flexibility index (Phi) is 5.43. The molecule has 0 aliphatic heterocycles. The van der Waals surface area contributed by atoms with Crippen molar-refractivity contribution >= 4 is 11.6 Å². The first-order chi connectivity index (χ1) is 11.4. The summed E-state index contributed by atoms with van der Waals surface area (Å²) in [6.45, 7) is 1.54. The van der Waals surface area contributed by atoms with Gasteiger partial charge in [-0.05, 0) is 19.1 Å². The topological polar surface area (TPSA) is 114 Å². The second kappa shape index (κ2) is 7.51. The summed E-state index contributed by atoms with van der Waals surface area (Å²) in [6.07, 6.45) is 0.575. The number of hydrogen-bond acceptors (Lipinski definition) is 5. The van der Waals surface area contributed by atoms with Gasteiger partial charge >= 0.3 is 0 Å². The molecule has 0 radical (unpaired) electrons. The summed E-state index contributed by atoms with van der Waals surface area (Å²) in [4.78, 5) is 33.9. The predicted octanol–water partition coefficient (Wildman–Crippen LogP) is 0.856. The first kappa shape index (κ1) is 17.4. The number of nitrogens with one attached hydrogen (secondary N) is 1. The van der Waals surface area contributed by atoms with E-state index in [0.717, 1.165) is 0 Å². The molecule has 0 aliphatic carbocycles. The van der Waals surface area contributed by atoms with Gasteiger partial charge < -0.3 is 15.0 Å². The number of hydrogen-bond donors (Lipinski definition) is 2. The Hall–Kier alpha value is -3.00. The lowest BCUT2D eigenvalue weighted by atomic mass is 10.1. The molecular weight excluding hydrogens is 314 g/mol. The quantitative estimate of drug-likeness (QED) is 0.602. The van der Waals surface area contributed by atoms with Gasteiger partial charge in [-0.15, -0.1) is 0 Å². The van der Waals surface area contributed by atoms with Gasteiger partial charge in [0.2, 0.25) is 0 Å². The SMILES string of the molecule is Cc1ccc(C(=O)NCC(O)Cn2ccccc2=O)cc1[N+](=O)[O-]. The minimum Gasteiger partial charge on any atom is -0.389 e. The molecule has 126 valence electrons. The fourth-order valence-corrected chi connectivity index (χ4v) is 2.16. The number of aliphatic hydroxyl groups is 1. The summed E-state index contributed by atoms with van der Waals surface area (Å²) in [5.74, 6) is -0.530. The van der Waals surface area contributed by atoms with Crippen molar-refractivity contribution in [3.05, 3.63) is 74.2 Å². The molecule has 2 N–H and O–H groups in total. The molecule has 24 heavy (non-hydrogen) atoms. The maximum atomic E-state index is 12.0. The Bertz CT molecular complexity index is 815. The molecule has 0 aliphatic rings. The van der Waals surface area contributed by atoms with Gasteiger partial charge in [0, 0.05) is 36.0 Å². The number of carbonyl (C=O) groups is 1. The zero-order valence-electron chi connectivity index (χ0n) is 13.0. The maximum Gasteiger partial charge on any atom is 0.273 e. The number of rotatable bonds is 6. The second-order valence-corrected chi connectivity index (χ2v) is 5.31. The molecule has 2 aromatic rings. The largest absolute Gasteiger partial charge is 0.389 e. The summed E-state index contributed by atoms with van der Waals surface area (Å²) in [5, 5.41) is 23.3. The van der Waals surface area contributed by atoms with E-state index in [2.05, 4.69) is 5.32 Å². The first-order valence-electron chi connectivity index (χ1n) is 7.25. The van der Waals surface area contributed by atoms with E-state index < -0.39 is 16.9 Å². The number of aromatic nitrogens is 1. The minimum absolute atomic E-state index is 0.0357. The molecule has 1 atom stereocenters. The van der Waals surface area contributed by atoms with Crippen LogP contribution in [0.2, 0.25) is 0 Å². The number of aliphatic hydroxyl groups excluding tert-OH is 1. The van der Waals surface area contributed by atoms with E-state index in [1.165, 1.54) is 35.0 Å². The summed E-state index contributed by atoms with van der Waals surface area (Å²) in [7, 11) is 0. The van der Waals surface area contributed by atoms with E-state index >= 15 is 0 Å². The van der Waals surface area contributed by atoms with Crippen molar-refractivity contribution in [2.24, 2.45) is 0 Å². The summed E-state index contributed by atoms with van der Waals surface area (Å²) < 4.78 is 1.33. The average molecular weight is 331 g/mol. The van der Waals surface area contributed by atoms with Crippen LogP contribution >= 0.6 is 0 Å². The molecule has 1 unspecified atom stereocenters. The van der Waals surface area contributed by atoms with Crippen LogP contribution in [0.1, 0.15) is 15.9 Å². The number of nitro groups is 1. The highest BCUT2D eigenvalue weighted by molar-refractivity contribution is 5.95. The van der Waals surface area contributed by atoms with Crippen molar-refractivity contribution in [3.63, 3.8) is 0 Å². The van der Waals surface area contributed by atoms with Crippen LogP contribution in [0.5, 0.6) is 0 Å². The number of aryl methyl sites for hydroxylation is 1. The fourth-order valence-electron chi connectivity index (χ4n) is 2.16. The van der Waals surface area contributed by atoms with Gasteiger partial charge in [0.25, 0.3) is 17.2 Å². The molecule has 0 bridgehead atoms. The van der Waals surface area contributed by atoms with Crippen molar-refractivity contribution in [2.45, 2.75) is 19.6 Å². The highest BCUT2D eigenvalue weighted by Crippen LogP contribution is 2.19. The van der Waals surface area contributed by atoms with E-state index in [1.807, 2.05) is 0 Å². The van der Waals surface area contributed by atoms with Crippen molar-refractivity contribution in [2.75, 3.05) is 6.54 Å². The lowest BCUT2D eigenvalue weighted by Gasteiger charge is -2.13. The Morgan fingerprint density at radius 1 is 1.38 bits per heavy atom. The van der Waals surface area contributed by atoms with Crippen molar-refractivity contribution in [1.29, 1.82) is 0 Å². The van der Waals surface area contributed by atoms with Crippen LogP contribution in [-0.2, 0) is 6.54 Å². The van der Waals surface area contributed by atoms with Crippen LogP contribution in [-0.4, -0.2) is 33.2 Å². The van der Waals surface area contributed by atoms with E-state index in [-0.39, 0.29) is 29.9 Å². The standard InChI is InChI=1S/C16H17N3O5/c1-11-5-6-12(8-14(11)19(23)24)16(22)17-9-13(20)10-18-7-3-2-4-15(18)21/h2-8,13,20H,9-10H2,1H3,(H,17,22). The highest BCUT2D eigenvalue weighted by atomic mass is 16.6. The maximum absolute atomic E-state index is 12.0. The number of nitrogens with zero attached hydrogens (tertiary/aromatic N) is 2. The number of benzene rings is 1. The van der Waals surface area contributed by atoms with E-state index in [0.29, 0.717) is 5.56 Å². The third kappa shape index (κ3) is 4.26.